The second kappa shape index (κ2) is 5.80. The number of esters is 1. The molecule has 19 heavy (non-hydrogen) atoms. The van der Waals surface area contributed by atoms with E-state index in [1.54, 1.807) is 18.2 Å². The number of hydrogen-bond donors (Lipinski definition) is 1. The fourth-order valence-corrected chi connectivity index (χ4v) is 2.24. The maximum Gasteiger partial charge on any atom is 0.309 e. The van der Waals surface area contributed by atoms with E-state index in [0.29, 0.717) is 21.7 Å². The number of hydrogen-bond acceptors (Lipinski definition) is 3. The first-order chi connectivity index (χ1) is 8.95. The summed E-state index contributed by atoms with van der Waals surface area (Å²) < 4.78 is 4.91. The molecule has 1 aliphatic rings. The molecule has 0 aromatic heterocycles. The van der Waals surface area contributed by atoms with Crippen LogP contribution < -0.4 is 5.32 Å². The molecule has 1 aliphatic carbocycles. The van der Waals surface area contributed by atoms with Crippen LogP contribution >= 0.6 is 23.2 Å². The SMILES string of the molecule is C[C@@H]1C[C@@H]1C(=O)OCC(=O)Nc1cc(Cl)cc(Cl)c1. The fraction of sp³-hybridized carbons (Fsp3) is 0.385. The molecular weight excluding hydrogens is 289 g/mol. The summed E-state index contributed by atoms with van der Waals surface area (Å²) >= 11 is 11.6. The van der Waals surface area contributed by atoms with Gasteiger partial charge in [-0.3, -0.25) is 9.59 Å². The lowest BCUT2D eigenvalue weighted by Crippen LogP contribution is -2.21. The maximum absolute atomic E-state index is 11.6. The summed E-state index contributed by atoms with van der Waals surface area (Å²) in [7, 11) is 0. The molecule has 0 aliphatic heterocycles. The van der Waals surface area contributed by atoms with Gasteiger partial charge in [-0.25, -0.2) is 0 Å². The Bertz CT molecular complexity index is 498. The van der Waals surface area contributed by atoms with Crippen LogP contribution in [-0.2, 0) is 14.3 Å². The predicted molar refractivity (Wildman–Crippen MR) is 73.3 cm³/mol. The molecule has 1 amide bonds. The molecule has 2 atom stereocenters. The van der Waals surface area contributed by atoms with Crippen molar-refractivity contribution in [1.29, 1.82) is 0 Å². The smallest absolute Gasteiger partial charge is 0.309 e. The Morgan fingerprint density at radius 1 is 1.32 bits per heavy atom. The number of anilines is 1. The highest BCUT2D eigenvalue weighted by Gasteiger charge is 2.40. The van der Waals surface area contributed by atoms with Crippen molar-refractivity contribution in [2.45, 2.75) is 13.3 Å². The minimum Gasteiger partial charge on any atom is -0.455 e. The minimum absolute atomic E-state index is 0.0478. The normalized spacial score (nSPS) is 20.8. The van der Waals surface area contributed by atoms with Crippen LogP contribution in [0.3, 0.4) is 0 Å². The third-order valence-corrected chi connectivity index (χ3v) is 3.34. The lowest BCUT2D eigenvalue weighted by Gasteiger charge is -2.07. The van der Waals surface area contributed by atoms with Gasteiger partial charge in [-0.05, 0) is 30.5 Å². The monoisotopic (exact) mass is 301 g/mol. The number of rotatable bonds is 4. The van der Waals surface area contributed by atoms with Crippen LogP contribution in [-0.4, -0.2) is 18.5 Å². The molecular formula is C13H13Cl2NO3. The number of carbonyl (C=O) groups excluding carboxylic acids is 2. The molecule has 102 valence electrons. The van der Waals surface area contributed by atoms with Gasteiger partial charge in [0, 0.05) is 15.7 Å². The lowest BCUT2D eigenvalue weighted by molar-refractivity contribution is -0.148. The van der Waals surface area contributed by atoms with Gasteiger partial charge in [0.15, 0.2) is 6.61 Å². The van der Waals surface area contributed by atoms with Crippen molar-refractivity contribution < 1.29 is 14.3 Å². The van der Waals surface area contributed by atoms with E-state index in [1.165, 1.54) is 0 Å². The van der Waals surface area contributed by atoms with Gasteiger partial charge in [0.05, 0.1) is 5.92 Å². The van der Waals surface area contributed by atoms with Crippen LogP contribution in [0.5, 0.6) is 0 Å². The minimum atomic E-state index is -0.417. The Kier molecular flexibility index (Phi) is 4.32. The van der Waals surface area contributed by atoms with Gasteiger partial charge in [0.2, 0.25) is 0 Å². The van der Waals surface area contributed by atoms with Crippen LogP contribution in [0.2, 0.25) is 10.0 Å². The molecule has 0 radical (unpaired) electrons. The molecule has 1 aromatic carbocycles. The summed E-state index contributed by atoms with van der Waals surface area (Å²) in [5.41, 5.74) is 0.471. The van der Waals surface area contributed by atoms with E-state index in [9.17, 15) is 9.59 Å². The Balaban J connectivity index is 1.82. The predicted octanol–water partition coefficient (Wildman–Crippen LogP) is 3.13. The van der Waals surface area contributed by atoms with Gasteiger partial charge in [0.25, 0.3) is 5.91 Å². The first-order valence-electron chi connectivity index (χ1n) is 5.88. The highest BCUT2D eigenvalue weighted by molar-refractivity contribution is 6.35. The highest BCUT2D eigenvalue weighted by atomic mass is 35.5. The van der Waals surface area contributed by atoms with Crippen molar-refractivity contribution >= 4 is 40.8 Å². The van der Waals surface area contributed by atoms with E-state index in [4.69, 9.17) is 27.9 Å². The van der Waals surface area contributed by atoms with E-state index < -0.39 is 5.91 Å². The van der Waals surface area contributed by atoms with Gasteiger partial charge in [-0.2, -0.15) is 0 Å². The van der Waals surface area contributed by atoms with Crippen LogP contribution in [0.15, 0.2) is 18.2 Å². The average molecular weight is 302 g/mol. The number of nitrogens with one attached hydrogen (secondary N) is 1. The molecule has 0 spiro atoms. The number of amides is 1. The zero-order valence-electron chi connectivity index (χ0n) is 10.3. The first kappa shape index (κ1) is 14.2. The third-order valence-electron chi connectivity index (χ3n) is 2.90. The second-order valence-electron chi connectivity index (χ2n) is 4.63. The molecule has 2 rings (SSSR count). The van der Waals surface area contributed by atoms with Gasteiger partial charge >= 0.3 is 5.97 Å². The van der Waals surface area contributed by atoms with Crippen molar-refractivity contribution in [3.63, 3.8) is 0 Å². The first-order valence-corrected chi connectivity index (χ1v) is 6.64. The van der Waals surface area contributed by atoms with Gasteiger partial charge < -0.3 is 10.1 Å². The maximum atomic E-state index is 11.6. The second-order valence-corrected chi connectivity index (χ2v) is 5.51. The van der Waals surface area contributed by atoms with E-state index in [0.717, 1.165) is 6.42 Å². The van der Waals surface area contributed by atoms with Crippen molar-refractivity contribution in [2.24, 2.45) is 11.8 Å². The van der Waals surface area contributed by atoms with Crippen LogP contribution in [0.25, 0.3) is 0 Å². The van der Waals surface area contributed by atoms with Crippen LogP contribution in [0.4, 0.5) is 5.69 Å². The number of benzene rings is 1. The molecule has 6 heteroatoms. The van der Waals surface area contributed by atoms with Crippen molar-refractivity contribution in [1.82, 2.24) is 0 Å². The molecule has 4 nitrogen and oxygen atoms in total. The summed E-state index contributed by atoms with van der Waals surface area (Å²) in [5.74, 6) is -0.414. The molecule has 1 N–H and O–H groups in total. The Morgan fingerprint density at radius 2 is 1.89 bits per heavy atom. The number of halogens is 2. The summed E-state index contributed by atoms with van der Waals surface area (Å²) in [6, 6.07) is 4.69. The largest absolute Gasteiger partial charge is 0.455 e. The van der Waals surface area contributed by atoms with Crippen molar-refractivity contribution in [3.8, 4) is 0 Å². The van der Waals surface area contributed by atoms with Crippen LogP contribution in [0.1, 0.15) is 13.3 Å². The van der Waals surface area contributed by atoms with Gasteiger partial charge in [-0.1, -0.05) is 30.1 Å². The molecule has 0 heterocycles. The highest BCUT2D eigenvalue weighted by Crippen LogP contribution is 2.38. The molecule has 0 saturated heterocycles. The summed E-state index contributed by atoms with van der Waals surface area (Å²) in [6.45, 7) is 1.67. The van der Waals surface area contributed by atoms with Crippen molar-refractivity contribution in [2.75, 3.05) is 11.9 Å². The number of carbonyl (C=O) groups is 2. The zero-order valence-corrected chi connectivity index (χ0v) is 11.8. The standard InChI is InChI=1S/C13H13Cl2NO3/c1-7-2-11(7)13(18)19-6-12(17)16-10-4-8(14)3-9(15)5-10/h3-5,7,11H,2,6H2,1H3,(H,16,17)/t7-,11+/m1/s1. The summed E-state index contributed by atoms with van der Waals surface area (Å²) in [4.78, 5) is 23.0. The average Bonchev–Trinajstić information content (AvgIpc) is 3.02. The van der Waals surface area contributed by atoms with Gasteiger partial charge in [-0.15, -0.1) is 0 Å². The topological polar surface area (TPSA) is 55.4 Å². The molecule has 0 bridgehead atoms. The molecule has 1 fully saturated rings. The zero-order chi connectivity index (χ0) is 14.0. The molecule has 1 aromatic rings. The van der Waals surface area contributed by atoms with E-state index >= 15 is 0 Å². The molecule has 1 saturated carbocycles. The fourth-order valence-electron chi connectivity index (χ4n) is 1.72. The number of ether oxygens (including phenoxy) is 1. The summed E-state index contributed by atoms with van der Waals surface area (Å²) in [6.07, 6.45) is 0.838. The van der Waals surface area contributed by atoms with E-state index in [1.807, 2.05) is 6.92 Å². The van der Waals surface area contributed by atoms with Crippen LogP contribution in [0, 0.1) is 11.8 Å². The summed E-state index contributed by atoms with van der Waals surface area (Å²) in [5, 5.41) is 3.41. The third kappa shape index (κ3) is 4.11. The van der Waals surface area contributed by atoms with E-state index in [-0.39, 0.29) is 18.5 Å². The van der Waals surface area contributed by atoms with Gasteiger partial charge in [0.1, 0.15) is 0 Å². The van der Waals surface area contributed by atoms with E-state index in [2.05, 4.69) is 5.32 Å². The Morgan fingerprint density at radius 3 is 2.42 bits per heavy atom. The molecule has 0 unspecified atom stereocenters. The Labute approximate surface area is 121 Å². The Hall–Kier alpha value is -1.26. The van der Waals surface area contributed by atoms with Crippen molar-refractivity contribution in [3.05, 3.63) is 28.2 Å². The quantitative estimate of drug-likeness (QED) is 0.869. The lowest BCUT2D eigenvalue weighted by atomic mass is 10.3.